The SMILES string of the molecule is CC(=O)c1ccc(S(=O)(=O)NCCSc2ccc(C)c(C)c2)cc1. The molecule has 1 N–H and O–H groups in total. The summed E-state index contributed by atoms with van der Waals surface area (Å²) in [7, 11) is -3.55. The van der Waals surface area contributed by atoms with Gasteiger partial charge in [-0.2, -0.15) is 0 Å². The first-order valence-electron chi connectivity index (χ1n) is 7.60. The second kappa shape index (κ2) is 7.96. The smallest absolute Gasteiger partial charge is 0.240 e. The fraction of sp³-hybridized carbons (Fsp3) is 0.278. The van der Waals surface area contributed by atoms with Crippen LogP contribution in [0.25, 0.3) is 0 Å². The van der Waals surface area contributed by atoms with Crippen LogP contribution in [-0.4, -0.2) is 26.5 Å². The molecule has 2 aromatic carbocycles. The number of Topliss-reactive ketones (excluding diaryl/α,β-unsaturated/α-hetero) is 1. The van der Waals surface area contributed by atoms with Gasteiger partial charge in [0.05, 0.1) is 4.90 Å². The number of carbonyl (C=O) groups is 1. The summed E-state index contributed by atoms with van der Waals surface area (Å²) < 4.78 is 27.0. The third-order valence-corrected chi connectivity index (χ3v) is 6.18. The normalized spacial score (nSPS) is 11.5. The van der Waals surface area contributed by atoms with Crippen molar-refractivity contribution in [2.45, 2.75) is 30.6 Å². The first-order chi connectivity index (χ1) is 11.3. The van der Waals surface area contributed by atoms with Gasteiger partial charge >= 0.3 is 0 Å². The molecule has 0 aliphatic carbocycles. The van der Waals surface area contributed by atoms with Crippen molar-refractivity contribution in [3.05, 3.63) is 59.2 Å². The van der Waals surface area contributed by atoms with E-state index < -0.39 is 10.0 Å². The van der Waals surface area contributed by atoms with E-state index in [1.165, 1.54) is 42.3 Å². The van der Waals surface area contributed by atoms with Crippen LogP contribution in [0.15, 0.2) is 52.3 Å². The first kappa shape index (κ1) is 18.7. The molecule has 4 nitrogen and oxygen atoms in total. The van der Waals surface area contributed by atoms with Crippen molar-refractivity contribution < 1.29 is 13.2 Å². The first-order valence-corrected chi connectivity index (χ1v) is 10.1. The predicted octanol–water partition coefficient (Wildman–Crippen LogP) is 3.58. The lowest BCUT2D eigenvalue weighted by molar-refractivity contribution is 0.101. The van der Waals surface area contributed by atoms with E-state index >= 15 is 0 Å². The Kier molecular flexibility index (Phi) is 6.21. The molecule has 0 atom stereocenters. The zero-order valence-electron chi connectivity index (χ0n) is 14.0. The maximum atomic E-state index is 12.2. The van der Waals surface area contributed by atoms with Gasteiger partial charge in [-0.05, 0) is 56.2 Å². The number of ketones is 1. The van der Waals surface area contributed by atoms with Crippen molar-refractivity contribution in [3.63, 3.8) is 0 Å². The Labute approximate surface area is 147 Å². The molecule has 128 valence electrons. The summed E-state index contributed by atoms with van der Waals surface area (Å²) in [6.45, 7) is 5.92. The lowest BCUT2D eigenvalue weighted by Gasteiger charge is -2.08. The molecule has 24 heavy (non-hydrogen) atoms. The summed E-state index contributed by atoms with van der Waals surface area (Å²) >= 11 is 1.61. The highest BCUT2D eigenvalue weighted by molar-refractivity contribution is 7.99. The quantitative estimate of drug-likeness (QED) is 0.464. The Hall–Kier alpha value is -1.63. The van der Waals surface area contributed by atoms with Crippen LogP contribution in [0.3, 0.4) is 0 Å². The summed E-state index contributed by atoms with van der Waals surface area (Å²) in [6.07, 6.45) is 0. The van der Waals surface area contributed by atoms with E-state index in [2.05, 4.69) is 30.7 Å². The molecule has 0 amide bonds. The van der Waals surface area contributed by atoms with Gasteiger partial charge in [-0.25, -0.2) is 13.1 Å². The molecule has 0 aliphatic heterocycles. The van der Waals surface area contributed by atoms with Gasteiger partial charge in [-0.15, -0.1) is 11.8 Å². The van der Waals surface area contributed by atoms with Crippen LogP contribution < -0.4 is 4.72 Å². The van der Waals surface area contributed by atoms with Crippen LogP contribution in [0.4, 0.5) is 0 Å². The lowest BCUT2D eigenvalue weighted by Crippen LogP contribution is -2.26. The van der Waals surface area contributed by atoms with E-state index in [0.29, 0.717) is 17.9 Å². The molecule has 0 saturated carbocycles. The molecule has 6 heteroatoms. The van der Waals surface area contributed by atoms with Gasteiger partial charge < -0.3 is 0 Å². The van der Waals surface area contributed by atoms with E-state index in [1.54, 1.807) is 11.8 Å². The minimum atomic E-state index is -3.55. The largest absolute Gasteiger partial charge is 0.295 e. The Morgan fingerprint density at radius 3 is 2.29 bits per heavy atom. The fourth-order valence-corrected chi connectivity index (χ4v) is 4.13. The van der Waals surface area contributed by atoms with Gasteiger partial charge in [0, 0.05) is 22.8 Å². The van der Waals surface area contributed by atoms with Crippen LogP contribution in [0.1, 0.15) is 28.4 Å². The third kappa shape index (κ3) is 4.93. The minimum absolute atomic E-state index is 0.0864. The monoisotopic (exact) mass is 363 g/mol. The van der Waals surface area contributed by atoms with Gasteiger partial charge in [0.25, 0.3) is 0 Å². The Balaban J connectivity index is 1.90. The van der Waals surface area contributed by atoms with E-state index in [-0.39, 0.29) is 10.7 Å². The standard InChI is InChI=1S/C18H21NO3S2/c1-13-4-7-17(12-14(13)2)23-11-10-19-24(21,22)18-8-5-16(6-9-18)15(3)20/h4-9,12,19H,10-11H2,1-3H3. The fourth-order valence-electron chi connectivity index (χ4n) is 2.10. The summed E-state index contributed by atoms with van der Waals surface area (Å²) in [6, 6.07) is 12.2. The molecule has 0 bridgehead atoms. The number of thioether (sulfide) groups is 1. The maximum absolute atomic E-state index is 12.2. The third-order valence-electron chi connectivity index (χ3n) is 3.71. The van der Waals surface area contributed by atoms with Crippen LogP contribution in [0.2, 0.25) is 0 Å². The van der Waals surface area contributed by atoms with Crippen LogP contribution in [0, 0.1) is 13.8 Å². The molecule has 0 aliphatic rings. The number of nitrogens with one attached hydrogen (secondary N) is 1. The van der Waals surface area contributed by atoms with E-state index in [1.807, 2.05) is 6.07 Å². The van der Waals surface area contributed by atoms with Crippen molar-refractivity contribution in [3.8, 4) is 0 Å². The van der Waals surface area contributed by atoms with Crippen molar-refractivity contribution in [2.24, 2.45) is 0 Å². The molecule has 0 aromatic heterocycles. The molecule has 0 saturated heterocycles. The summed E-state index contributed by atoms with van der Waals surface area (Å²) in [4.78, 5) is 12.5. The molecule has 2 rings (SSSR count). The van der Waals surface area contributed by atoms with E-state index in [9.17, 15) is 13.2 Å². The molecular formula is C18H21NO3S2. The van der Waals surface area contributed by atoms with Crippen molar-refractivity contribution in [2.75, 3.05) is 12.3 Å². The maximum Gasteiger partial charge on any atom is 0.240 e. The van der Waals surface area contributed by atoms with Crippen molar-refractivity contribution in [1.82, 2.24) is 4.72 Å². The molecular weight excluding hydrogens is 342 g/mol. The molecule has 0 fully saturated rings. The number of carbonyl (C=O) groups excluding carboxylic acids is 1. The van der Waals surface area contributed by atoms with E-state index in [0.717, 1.165) is 4.90 Å². The second-order valence-electron chi connectivity index (χ2n) is 5.57. The van der Waals surface area contributed by atoms with Crippen molar-refractivity contribution >= 4 is 27.6 Å². The minimum Gasteiger partial charge on any atom is -0.295 e. The van der Waals surface area contributed by atoms with Crippen LogP contribution in [-0.2, 0) is 10.0 Å². The number of sulfonamides is 1. The predicted molar refractivity (Wildman–Crippen MR) is 98.3 cm³/mol. The number of hydrogen-bond donors (Lipinski definition) is 1. The average molecular weight is 364 g/mol. The second-order valence-corrected chi connectivity index (χ2v) is 8.51. The Bertz CT molecular complexity index is 828. The topological polar surface area (TPSA) is 63.2 Å². The highest BCUT2D eigenvalue weighted by Crippen LogP contribution is 2.20. The molecule has 0 radical (unpaired) electrons. The number of hydrogen-bond acceptors (Lipinski definition) is 4. The molecule has 0 spiro atoms. The lowest BCUT2D eigenvalue weighted by atomic mass is 10.1. The van der Waals surface area contributed by atoms with Crippen molar-refractivity contribution in [1.29, 1.82) is 0 Å². The molecule has 2 aromatic rings. The van der Waals surface area contributed by atoms with Gasteiger partial charge in [-0.3, -0.25) is 4.79 Å². The number of aryl methyl sites for hydroxylation is 2. The highest BCUT2D eigenvalue weighted by Gasteiger charge is 2.13. The molecule has 0 heterocycles. The average Bonchev–Trinajstić information content (AvgIpc) is 2.55. The zero-order chi connectivity index (χ0) is 17.7. The number of benzene rings is 2. The van der Waals surface area contributed by atoms with Gasteiger partial charge in [0.1, 0.15) is 0 Å². The Morgan fingerprint density at radius 1 is 1.04 bits per heavy atom. The Morgan fingerprint density at radius 2 is 1.71 bits per heavy atom. The number of rotatable bonds is 7. The summed E-state index contributed by atoms with van der Waals surface area (Å²) in [5.41, 5.74) is 2.97. The van der Waals surface area contributed by atoms with Gasteiger partial charge in [0.15, 0.2) is 5.78 Å². The summed E-state index contributed by atoms with van der Waals surface area (Å²) in [5.74, 6) is 0.560. The van der Waals surface area contributed by atoms with E-state index in [4.69, 9.17) is 0 Å². The van der Waals surface area contributed by atoms with Gasteiger partial charge in [-0.1, -0.05) is 18.2 Å². The van der Waals surface area contributed by atoms with Crippen LogP contribution in [0.5, 0.6) is 0 Å². The molecule has 0 unspecified atom stereocenters. The zero-order valence-corrected chi connectivity index (χ0v) is 15.6. The van der Waals surface area contributed by atoms with Gasteiger partial charge in [0.2, 0.25) is 10.0 Å². The van der Waals surface area contributed by atoms with Crippen LogP contribution >= 0.6 is 11.8 Å². The highest BCUT2D eigenvalue weighted by atomic mass is 32.2. The summed E-state index contributed by atoms with van der Waals surface area (Å²) in [5, 5.41) is 0.